The summed E-state index contributed by atoms with van der Waals surface area (Å²) in [6.45, 7) is 5.25. The predicted octanol–water partition coefficient (Wildman–Crippen LogP) is 4.61. The van der Waals surface area contributed by atoms with Crippen molar-refractivity contribution in [3.63, 3.8) is 0 Å². The van der Waals surface area contributed by atoms with E-state index in [0.717, 1.165) is 32.1 Å². The summed E-state index contributed by atoms with van der Waals surface area (Å²) in [6.07, 6.45) is 5.74. The van der Waals surface area contributed by atoms with Crippen LogP contribution in [0.1, 0.15) is 69.7 Å². The third kappa shape index (κ3) is 7.86. The molecule has 3 N–H and O–H groups in total. The maximum Gasteiger partial charge on any atom is 0.254 e. The highest BCUT2D eigenvalue weighted by Gasteiger charge is 2.27. The maximum absolute atomic E-state index is 14.1. The molecule has 0 unspecified atom stereocenters. The van der Waals surface area contributed by atoms with Gasteiger partial charge in [-0.15, -0.1) is 0 Å². The molecule has 1 aliphatic carbocycles. The van der Waals surface area contributed by atoms with Gasteiger partial charge in [-0.3, -0.25) is 9.59 Å². The molecule has 1 fully saturated rings. The minimum Gasteiger partial charge on any atom is -0.340 e. The summed E-state index contributed by atoms with van der Waals surface area (Å²) in [4.78, 5) is 26.0. The van der Waals surface area contributed by atoms with Gasteiger partial charge in [-0.05, 0) is 69.5 Å². The highest BCUT2D eigenvalue weighted by Crippen LogP contribution is 2.28. The van der Waals surface area contributed by atoms with Gasteiger partial charge in [0.1, 0.15) is 11.9 Å². The number of anilines is 1. The molecule has 0 spiro atoms. The molecule has 0 aliphatic heterocycles. The molecule has 9 heteroatoms. The Morgan fingerprint density at radius 2 is 1.63 bits per heavy atom. The van der Waals surface area contributed by atoms with Crippen molar-refractivity contribution in [2.24, 2.45) is 5.92 Å². The standard InChI is InChI=1S/C26H34FN3O4S/c1-26(2,3)30-35(33,34)20-15-13-19(14-16-20)28-25(32)23(17-18-9-5-4-6-10-18)29-24(31)21-11-7-8-12-22(21)27/h7-8,11-16,18,23,30H,4-6,9-10,17H2,1-3H3,(H,28,32)(H,29,31)/t23-/m0/s1. The van der Waals surface area contributed by atoms with E-state index in [2.05, 4.69) is 15.4 Å². The van der Waals surface area contributed by atoms with Crippen LogP contribution in [0.25, 0.3) is 0 Å². The number of hydrogen-bond donors (Lipinski definition) is 3. The average molecular weight is 504 g/mol. The Hall–Kier alpha value is -2.78. The monoisotopic (exact) mass is 503 g/mol. The molecule has 7 nitrogen and oxygen atoms in total. The van der Waals surface area contributed by atoms with Gasteiger partial charge in [-0.25, -0.2) is 17.5 Å². The third-order valence-electron chi connectivity index (χ3n) is 5.91. The number of carbonyl (C=O) groups is 2. The lowest BCUT2D eigenvalue weighted by Gasteiger charge is -2.26. The number of halogens is 1. The zero-order chi connectivity index (χ0) is 25.6. The van der Waals surface area contributed by atoms with Gasteiger partial charge < -0.3 is 10.6 Å². The van der Waals surface area contributed by atoms with Crippen LogP contribution in [-0.4, -0.2) is 31.8 Å². The highest BCUT2D eigenvalue weighted by molar-refractivity contribution is 7.89. The number of sulfonamides is 1. The van der Waals surface area contributed by atoms with Gasteiger partial charge in [0.15, 0.2) is 0 Å². The van der Waals surface area contributed by atoms with Gasteiger partial charge >= 0.3 is 0 Å². The summed E-state index contributed by atoms with van der Waals surface area (Å²) in [6, 6.07) is 10.6. The van der Waals surface area contributed by atoms with E-state index in [0.29, 0.717) is 12.1 Å². The van der Waals surface area contributed by atoms with E-state index < -0.39 is 39.2 Å². The van der Waals surface area contributed by atoms with E-state index in [-0.39, 0.29) is 16.4 Å². The normalized spacial score (nSPS) is 15.9. The van der Waals surface area contributed by atoms with Crippen LogP contribution in [0, 0.1) is 11.7 Å². The van der Waals surface area contributed by atoms with Crippen LogP contribution in [0.4, 0.5) is 10.1 Å². The SMILES string of the molecule is CC(C)(C)NS(=O)(=O)c1ccc(NC(=O)[C@H](CC2CCCCC2)NC(=O)c2ccccc2F)cc1. The van der Waals surface area contributed by atoms with Crippen LogP contribution < -0.4 is 15.4 Å². The van der Waals surface area contributed by atoms with Crippen LogP contribution in [0.2, 0.25) is 0 Å². The van der Waals surface area contributed by atoms with Gasteiger partial charge in [0, 0.05) is 11.2 Å². The number of benzene rings is 2. The van der Waals surface area contributed by atoms with Gasteiger partial charge in [0.25, 0.3) is 5.91 Å². The fraction of sp³-hybridized carbons (Fsp3) is 0.462. The van der Waals surface area contributed by atoms with Crippen molar-refractivity contribution in [2.75, 3.05) is 5.32 Å². The van der Waals surface area contributed by atoms with E-state index >= 15 is 0 Å². The minimum absolute atomic E-state index is 0.0806. The Morgan fingerprint density at radius 1 is 1.00 bits per heavy atom. The average Bonchev–Trinajstić information content (AvgIpc) is 2.78. The lowest BCUT2D eigenvalue weighted by atomic mass is 9.84. The Morgan fingerprint density at radius 3 is 2.23 bits per heavy atom. The van der Waals surface area contributed by atoms with Crippen molar-refractivity contribution in [2.45, 2.75) is 75.8 Å². The first-order valence-electron chi connectivity index (χ1n) is 11.9. The topological polar surface area (TPSA) is 104 Å². The predicted molar refractivity (Wildman–Crippen MR) is 134 cm³/mol. The molecule has 0 heterocycles. The summed E-state index contributed by atoms with van der Waals surface area (Å²) in [5.74, 6) is -1.43. The fourth-order valence-corrected chi connectivity index (χ4v) is 5.70. The zero-order valence-electron chi connectivity index (χ0n) is 20.4. The van der Waals surface area contributed by atoms with Crippen LogP contribution in [0.3, 0.4) is 0 Å². The molecule has 35 heavy (non-hydrogen) atoms. The molecule has 2 aromatic rings. The third-order valence-corrected chi connectivity index (χ3v) is 7.68. The Bertz CT molecular complexity index is 1140. The van der Waals surface area contributed by atoms with Crippen LogP contribution in [0.15, 0.2) is 53.4 Å². The quantitative estimate of drug-likeness (QED) is 0.489. The molecule has 2 amide bonds. The number of hydrogen-bond acceptors (Lipinski definition) is 4. The second-order valence-corrected chi connectivity index (χ2v) is 11.8. The lowest BCUT2D eigenvalue weighted by Crippen LogP contribution is -2.45. The highest BCUT2D eigenvalue weighted by atomic mass is 32.2. The van der Waals surface area contributed by atoms with E-state index in [9.17, 15) is 22.4 Å². The van der Waals surface area contributed by atoms with E-state index in [1.165, 1.54) is 42.5 Å². The number of rotatable bonds is 8. The van der Waals surface area contributed by atoms with Gasteiger partial charge in [0.2, 0.25) is 15.9 Å². The summed E-state index contributed by atoms with van der Waals surface area (Å²) >= 11 is 0. The number of amides is 2. The van der Waals surface area contributed by atoms with Crippen molar-refractivity contribution >= 4 is 27.5 Å². The molecule has 1 atom stereocenters. The van der Waals surface area contributed by atoms with E-state index in [4.69, 9.17) is 0 Å². The molecule has 1 saturated carbocycles. The van der Waals surface area contributed by atoms with Crippen molar-refractivity contribution in [3.05, 3.63) is 59.9 Å². The molecule has 3 rings (SSSR count). The smallest absolute Gasteiger partial charge is 0.254 e. The van der Waals surface area contributed by atoms with Gasteiger partial charge in [0.05, 0.1) is 10.5 Å². The van der Waals surface area contributed by atoms with Crippen LogP contribution in [-0.2, 0) is 14.8 Å². The minimum atomic E-state index is -3.70. The van der Waals surface area contributed by atoms with Gasteiger partial charge in [-0.1, -0.05) is 44.2 Å². The first-order valence-corrected chi connectivity index (χ1v) is 13.4. The summed E-state index contributed by atoms with van der Waals surface area (Å²) in [5, 5.41) is 5.47. The molecule has 0 saturated heterocycles. The van der Waals surface area contributed by atoms with Gasteiger partial charge in [-0.2, -0.15) is 0 Å². The fourth-order valence-electron chi connectivity index (χ4n) is 4.28. The largest absolute Gasteiger partial charge is 0.340 e. The first kappa shape index (κ1) is 26.8. The van der Waals surface area contributed by atoms with Crippen molar-refractivity contribution in [1.29, 1.82) is 0 Å². The second-order valence-electron chi connectivity index (χ2n) is 10.1. The maximum atomic E-state index is 14.1. The molecule has 0 bridgehead atoms. The summed E-state index contributed by atoms with van der Waals surface area (Å²) in [5.41, 5.74) is -0.345. The summed E-state index contributed by atoms with van der Waals surface area (Å²) in [7, 11) is -3.70. The molecule has 2 aromatic carbocycles. The molecule has 0 radical (unpaired) electrons. The second kappa shape index (κ2) is 11.3. The Balaban J connectivity index is 1.74. The van der Waals surface area contributed by atoms with Crippen molar-refractivity contribution < 1.29 is 22.4 Å². The van der Waals surface area contributed by atoms with Crippen molar-refractivity contribution in [3.8, 4) is 0 Å². The van der Waals surface area contributed by atoms with E-state index in [1.54, 1.807) is 26.8 Å². The number of nitrogens with one attached hydrogen (secondary N) is 3. The zero-order valence-corrected chi connectivity index (χ0v) is 21.3. The van der Waals surface area contributed by atoms with Crippen molar-refractivity contribution in [1.82, 2.24) is 10.0 Å². The Labute approximate surface area is 206 Å². The van der Waals surface area contributed by atoms with Crippen LogP contribution >= 0.6 is 0 Å². The van der Waals surface area contributed by atoms with E-state index in [1.807, 2.05) is 0 Å². The first-order chi connectivity index (χ1) is 16.4. The molecule has 1 aliphatic rings. The Kier molecular flexibility index (Phi) is 8.66. The summed E-state index contributed by atoms with van der Waals surface area (Å²) < 4.78 is 41.7. The molecule has 0 aromatic heterocycles. The lowest BCUT2D eigenvalue weighted by molar-refractivity contribution is -0.118. The molecular formula is C26H34FN3O4S. The van der Waals surface area contributed by atoms with Crippen LogP contribution in [0.5, 0.6) is 0 Å². The molecular weight excluding hydrogens is 469 g/mol. The number of carbonyl (C=O) groups excluding carboxylic acids is 2. The molecule has 190 valence electrons.